The molecule has 3 nitrogen and oxygen atoms in total. The third kappa shape index (κ3) is 15.3. The van der Waals surface area contributed by atoms with Crippen LogP contribution in [0, 0.1) is 0 Å². The van der Waals surface area contributed by atoms with Crippen molar-refractivity contribution in [3.8, 4) is 0 Å². The molecule has 0 rings (SSSR count). The van der Waals surface area contributed by atoms with Crippen LogP contribution in [-0.2, 0) is 14.3 Å². The molecule has 0 aromatic heterocycles. The van der Waals surface area contributed by atoms with Crippen LogP contribution in [0.2, 0.25) is 0 Å². The molecule has 0 aliphatic rings. The van der Waals surface area contributed by atoms with E-state index < -0.39 is 0 Å². The van der Waals surface area contributed by atoms with Crippen LogP contribution >= 0.6 is 0 Å². The Balaban J connectivity index is 2.96. The lowest BCUT2D eigenvalue weighted by Crippen LogP contribution is -2.01. The van der Waals surface area contributed by atoms with Crippen molar-refractivity contribution in [1.29, 1.82) is 0 Å². The van der Waals surface area contributed by atoms with Gasteiger partial charge in [0.1, 0.15) is 13.1 Å². The summed E-state index contributed by atoms with van der Waals surface area (Å²) in [5.74, 6) is 0. The summed E-state index contributed by atoms with van der Waals surface area (Å²) in [6.07, 6.45) is 14.0. The van der Waals surface area contributed by atoms with E-state index in [1.165, 1.54) is 38.5 Å². The van der Waals surface area contributed by atoms with Gasteiger partial charge in [0.25, 0.3) is 0 Å². The van der Waals surface area contributed by atoms with Crippen LogP contribution in [-0.4, -0.2) is 26.3 Å². The summed E-state index contributed by atoms with van der Waals surface area (Å²) in [5.41, 5.74) is 0. The second kappa shape index (κ2) is 16.3. The van der Waals surface area contributed by atoms with Crippen LogP contribution in [0.4, 0.5) is 0 Å². The zero-order chi connectivity index (χ0) is 13.3. The van der Waals surface area contributed by atoms with Crippen LogP contribution < -0.4 is 0 Å². The zero-order valence-corrected chi connectivity index (χ0v) is 11.7. The quantitative estimate of drug-likeness (QED) is 0.205. The van der Waals surface area contributed by atoms with Crippen LogP contribution in [0.5, 0.6) is 0 Å². The van der Waals surface area contributed by atoms with Gasteiger partial charge in [-0.25, -0.2) is 0 Å². The van der Waals surface area contributed by atoms with Gasteiger partial charge in [-0.05, 0) is 6.42 Å². The van der Waals surface area contributed by atoms with Gasteiger partial charge >= 0.3 is 0 Å². The highest BCUT2D eigenvalue weighted by atomic mass is 16.7. The lowest BCUT2D eigenvalue weighted by atomic mass is 10.1. The first-order valence-corrected chi connectivity index (χ1v) is 7.16. The molecule has 0 unspecified atom stereocenters. The average molecular weight is 256 g/mol. The lowest BCUT2D eigenvalue weighted by Gasteiger charge is -2.04. The maximum absolute atomic E-state index is 10.0. The third-order valence-electron chi connectivity index (χ3n) is 2.67. The molecule has 0 aromatic carbocycles. The molecule has 0 aliphatic carbocycles. The highest BCUT2D eigenvalue weighted by Gasteiger charge is 1.91. The Morgan fingerprint density at radius 3 is 2.33 bits per heavy atom. The maximum atomic E-state index is 10.0. The Hall–Kier alpha value is -0.670. The van der Waals surface area contributed by atoms with Gasteiger partial charge in [0.05, 0.1) is 6.61 Å². The van der Waals surface area contributed by atoms with Crippen molar-refractivity contribution in [3.63, 3.8) is 0 Å². The number of carbonyl (C=O) groups is 1. The van der Waals surface area contributed by atoms with Gasteiger partial charge in [0, 0.05) is 13.0 Å². The monoisotopic (exact) mass is 256 g/mol. The summed E-state index contributed by atoms with van der Waals surface area (Å²) < 4.78 is 10.6. The van der Waals surface area contributed by atoms with Gasteiger partial charge in [0.15, 0.2) is 0 Å². The standard InChI is InChI=1S/C15H28O3/c1-2-3-4-5-6-7-10-13-17-15-18-14-11-8-9-12-16/h8,11-12H,2-7,9-10,13-15H2,1H3. The first-order chi connectivity index (χ1) is 8.91. The molecule has 18 heavy (non-hydrogen) atoms. The Kier molecular flexibility index (Phi) is 15.7. The summed E-state index contributed by atoms with van der Waals surface area (Å²) in [6.45, 7) is 3.89. The molecule has 0 heterocycles. The van der Waals surface area contributed by atoms with Crippen molar-refractivity contribution < 1.29 is 14.3 Å². The number of rotatable bonds is 14. The van der Waals surface area contributed by atoms with Gasteiger partial charge in [-0.15, -0.1) is 0 Å². The topological polar surface area (TPSA) is 35.5 Å². The van der Waals surface area contributed by atoms with Crippen LogP contribution in [0.15, 0.2) is 12.2 Å². The largest absolute Gasteiger partial charge is 0.355 e. The molecule has 0 spiro atoms. The molecule has 0 saturated heterocycles. The van der Waals surface area contributed by atoms with E-state index in [2.05, 4.69) is 6.92 Å². The number of carbonyl (C=O) groups excluding carboxylic acids is 1. The van der Waals surface area contributed by atoms with Gasteiger partial charge in [-0.3, -0.25) is 0 Å². The van der Waals surface area contributed by atoms with Gasteiger partial charge in [-0.2, -0.15) is 0 Å². The van der Waals surface area contributed by atoms with Gasteiger partial charge < -0.3 is 14.3 Å². The van der Waals surface area contributed by atoms with Crippen molar-refractivity contribution in [3.05, 3.63) is 12.2 Å². The molecule has 0 fully saturated rings. The minimum absolute atomic E-state index is 0.348. The van der Waals surface area contributed by atoms with Crippen LogP contribution in [0.1, 0.15) is 58.3 Å². The predicted molar refractivity (Wildman–Crippen MR) is 74.6 cm³/mol. The minimum Gasteiger partial charge on any atom is -0.355 e. The van der Waals surface area contributed by atoms with Crippen molar-refractivity contribution >= 4 is 6.29 Å². The predicted octanol–water partition coefficient (Wildman–Crippen LogP) is 3.87. The van der Waals surface area contributed by atoms with Crippen molar-refractivity contribution in [1.82, 2.24) is 0 Å². The van der Waals surface area contributed by atoms with Crippen molar-refractivity contribution in [2.24, 2.45) is 0 Å². The normalized spacial score (nSPS) is 11.2. The smallest absolute Gasteiger partial charge is 0.147 e. The molecule has 0 aliphatic heterocycles. The summed E-state index contributed by atoms with van der Waals surface area (Å²) in [5, 5.41) is 0. The molecular weight excluding hydrogens is 228 g/mol. The molecular formula is C15H28O3. The Bertz CT molecular complexity index is 190. The Morgan fingerprint density at radius 2 is 1.61 bits per heavy atom. The fourth-order valence-corrected chi connectivity index (χ4v) is 1.62. The SMILES string of the molecule is CCCCCCCCCOCOCC=CCC=O. The molecule has 0 radical (unpaired) electrons. The zero-order valence-electron chi connectivity index (χ0n) is 11.7. The highest BCUT2D eigenvalue weighted by Crippen LogP contribution is 2.06. The third-order valence-corrected chi connectivity index (χ3v) is 2.67. The van der Waals surface area contributed by atoms with Crippen LogP contribution in [0.25, 0.3) is 0 Å². The second-order valence-electron chi connectivity index (χ2n) is 4.39. The number of hydrogen-bond acceptors (Lipinski definition) is 3. The van der Waals surface area contributed by atoms with Crippen molar-refractivity contribution in [2.75, 3.05) is 20.0 Å². The van der Waals surface area contributed by atoms with E-state index in [1.54, 1.807) is 6.08 Å². The van der Waals surface area contributed by atoms with E-state index in [-0.39, 0.29) is 0 Å². The summed E-state index contributed by atoms with van der Waals surface area (Å²) >= 11 is 0. The molecule has 0 saturated carbocycles. The number of allylic oxidation sites excluding steroid dienone is 1. The second-order valence-corrected chi connectivity index (χ2v) is 4.39. The van der Waals surface area contributed by atoms with Crippen molar-refractivity contribution in [2.45, 2.75) is 58.3 Å². The minimum atomic E-state index is 0.348. The number of unbranched alkanes of at least 4 members (excludes halogenated alkanes) is 6. The maximum Gasteiger partial charge on any atom is 0.147 e. The Morgan fingerprint density at radius 1 is 0.889 bits per heavy atom. The first-order valence-electron chi connectivity index (χ1n) is 7.16. The summed E-state index contributed by atoms with van der Waals surface area (Å²) in [6, 6.07) is 0. The van der Waals surface area contributed by atoms with E-state index in [0.717, 1.165) is 19.3 Å². The fraction of sp³-hybridized carbons (Fsp3) is 0.800. The molecule has 106 valence electrons. The van der Waals surface area contributed by atoms with E-state index in [9.17, 15) is 4.79 Å². The van der Waals surface area contributed by atoms with E-state index in [0.29, 0.717) is 19.8 Å². The molecule has 3 heteroatoms. The van der Waals surface area contributed by atoms with Crippen LogP contribution in [0.3, 0.4) is 0 Å². The van der Waals surface area contributed by atoms with Gasteiger partial charge in [0.2, 0.25) is 0 Å². The summed E-state index contributed by atoms with van der Waals surface area (Å²) in [4.78, 5) is 10.0. The fourth-order valence-electron chi connectivity index (χ4n) is 1.62. The average Bonchev–Trinajstić information content (AvgIpc) is 2.39. The summed E-state index contributed by atoms with van der Waals surface area (Å²) in [7, 11) is 0. The van der Waals surface area contributed by atoms with E-state index in [1.807, 2.05) is 6.08 Å². The number of hydrogen-bond donors (Lipinski definition) is 0. The molecule has 0 N–H and O–H groups in total. The highest BCUT2D eigenvalue weighted by molar-refractivity contribution is 5.51. The molecule has 0 atom stereocenters. The Labute approximate surface area is 112 Å². The first kappa shape index (κ1) is 17.3. The molecule has 0 aromatic rings. The van der Waals surface area contributed by atoms with E-state index >= 15 is 0 Å². The molecule has 0 amide bonds. The van der Waals surface area contributed by atoms with E-state index in [4.69, 9.17) is 9.47 Å². The molecule has 0 bridgehead atoms. The van der Waals surface area contributed by atoms with Gasteiger partial charge in [-0.1, -0.05) is 57.6 Å². The lowest BCUT2D eigenvalue weighted by molar-refractivity contribution is -0.107. The number of aldehydes is 1. The number of ether oxygens (including phenoxy) is 2.